The second-order valence-corrected chi connectivity index (χ2v) is 8.09. The fourth-order valence-electron chi connectivity index (χ4n) is 4.05. The predicted molar refractivity (Wildman–Crippen MR) is 107 cm³/mol. The summed E-state index contributed by atoms with van der Waals surface area (Å²) in [6.45, 7) is 5.12. The number of aromatic nitrogens is 2. The van der Waals surface area contributed by atoms with Crippen LogP contribution >= 0.6 is 0 Å². The van der Waals surface area contributed by atoms with Crippen molar-refractivity contribution in [2.75, 3.05) is 32.9 Å². The van der Waals surface area contributed by atoms with Crippen molar-refractivity contribution in [3.05, 3.63) is 41.5 Å². The van der Waals surface area contributed by atoms with Gasteiger partial charge in [0.25, 0.3) is 5.91 Å². The van der Waals surface area contributed by atoms with Gasteiger partial charge in [-0.1, -0.05) is 22.9 Å². The Labute approximate surface area is 171 Å². The summed E-state index contributed by atoms with van der Waals surface area (Å²) >= 11 is 0. The number of aryl methyl sites for hydroxylation is 1. The molecule has 156 valence electrons. The zero-order chi connectivity index (χ0) is 20.1. The van der Waals surface area contributed by atoms with Crippen molar-refractivity contribution in [3.63, 3.8) is 0 Å². The first-order valence-electron chi connectivity index (χ1n) is 10.5. The van der Waals surface area contributed by atoms with Gasteiger partial charge in [-0.15, -0.1) is 0 Å². The van der Waals surface area contributed by atoms with E-state index in [1.807, 2.05) is 36.1 Å². The lowest BCUT2D eigenvalue weighted by molar-refractivity contribution is -0.135. The molecule has 29 heavy (non-hydrogen) atoms. The van der Waals surface area contributed by atoms with Crippen LogP contribution in [-0.2, 0) is 16.0 Å². The molecule has 1 atom stereocenters. The number of hydrogen-bond donors (Lipinski definition) is 0. The third kappa shape index (κ3) is 5.35. The molecule has 0 aliphatic carbocycles. The monoisotopic (exact) mass is 399 g/mol. The van der Waals surface area contributed by atoms with Crippen molar-refractivity contribution in [1.82, 2.24) is 15.0 Å². The molecule has 0 spiro atoms. The molecule has 2 aliphatic heterocycles. The Hall–Kier alpha value is -2.41. The van der Waals surface area contributed by atoms with Crippen molar-refractivity contribution in [1.29, 1.82) is 0 Å². The second-order valence-electron chi connectivity index (χ2n) is 8.09. The van der Waals surface area contributed by atoms with E-state index in [0.717, 1.165) is 63.4 Å². The van der Waals surface area contributed by atoms with Crippen LogP contribution in [0.5, 0.6) is 5.75 Å². The minimum atomic E-state index is 0.0312. The van der Waals surface area contributed by atoms with Crippen LogP contribution in [-0.4, -0.2) is 53.9 Å². The van der Waals surface area contributed by atoms with Crippen LogP contribution in [0.4, 0.5) is 0 Å². The van der Waals surface area contributed by atoms with Gasteiger partial charge < -0.3 is 18.9 Å². The number of carbonyl (C=O) groups is 1. The first-order chi connectivity index (χ1) is 14.2. The first kappa shape index (κ1) is 19.9. The third-order valence-electron chi connectivity index (χ3n) is 5.79. The summed E-state index contributed by atoms with van der Waals surface area (Å²) in [6, 6.07) is 7.76. The average Bonchev–Trinajstić information content (AvgIpc) is 3.22. The zero-order valence-electron chi connectivity index (χ0n) is 17.0. The molecule has 0 radical (unpaired) electrons. The highest BCUT2D eigenvalue weighted by Gasteiger charge is 2.27. The lowest BCUT2D eigenvalue weighted by Crippen LogP contribution is -2.42. The van der Waals surface area contributed by atoms with Crippen LogP contribution in [0, 0.1) is 12.8 Å². The number of piperidine rings is 1. The van der Waals surface area contributed by atoms with E-state index in [4.69, 9.17) is 14.0 Å². The molecule has 2 saturated heterocycles. The largest absolute Gasteiger partial charge is 0.484 e. The maximum atomic E-state index is 12.6. The van der Waals surface area contributed by atoms with Gasteiger partial charge in [0.05, 0.1) is 0 Å². The van der Waals surface area contributed by atoms with Gasteiger partial charge >= 0.3 is 0 Å². The van der Waals surface area contributed by atoms with E-state index >= 15 is 0 Å². The summed E-state index contributed by atoms with van der Waals surface area (Å²) in [5.74, 6) is 2.92. The Morgan fingerprint density at radius 3 is 2.79 bits per heavy atom. The van der Waals surface area contributed by atoms with E-state index in [9.17, 15) is 4.79 Å². The Kier molecular flexibility index (Phi) is 6.44. The maximum Gasteiger partial charge on any atom is 0.260 e. The molecule has 7 nitrogen and oxygen atoms in total. The van der Waals surface area contributed by atoms with Gasteiger partial charge in [-0.25, -0.2) is 0 Å². The number of benzene rings is 1. The highest BCUT2D eigenvalue weighted by Crippen LogP contribution is 2.26. The number of nitrogens with zero attached hydrogens (tertiary/aromatic N) is 3. The topological polar surface area (TPSA) is 77.7 Å². The van der Waals surface area contributed by atoms with E-state index in [0.29, 0.717) is 24.3 Å². The minimum absolute atomic E-state index is 0.0312. The summed E-state index contributed by atoms with van der Waals surface area (Å²) in [6.07, 6.45) is 4.68. The molecule has 1 aromatic carbocycles. The predicted octanol–water partition coefficient (Wildman–Crippen LogP) is 3.13. The molecule has 4 rings (SSSR count). The average molecular weight is 399 g/mol. The molecule has 1 unspecified atom stereocenters. The summed E-state index contributed by atoms with van der Waals surface area (Å²) in [5, 5.41) is 4.19. The van der Waals surface area contributed by atoms with Gasteiger partial charge in [-0.3, -0.25) is 4.79 Å². The van der Waals surface area contributed by atoms with E-state index in [2.05, 4.69) is 10.1 Å². The number of ether oxygens (including phenoxy) is 2. The smallest absolute Gasteiger partial charge is 0.260 e. The van der Waals surface area contributed by atoms with Gasteiger partial charge in [-0.05, 0) is 50.7 Å². The summed E-state index contributed by atoms with van der Waals surface area (Å²) in [7, 11) is 0. The minimum Gasteiger partial charge on any atom is -0.484 e. The third-order valence-corrected chi connectivity index (χ3v) is 5.79. The van der Waals surface area contributed by atoms with E-state index < -0.39 is 0 Å². The van der Waals surface area contributed by atoms with E-state index in [1.165, 1.54) is 5.56 Å². The molecular weight excluding hydrogens is 370 g/mol. The van der Waals surface area contributed by atoms with Crippen LogP contribution in [0.1, 0.15) is 48.9 Å². The molecule has 7 heteroatoms. The molecule has 1 aromatic heterocycles. The van der Waals surface area contributed by atoms with Crippen LogP contribution in [0.15, 0.2) is 28.8 Å². The normalized spacial score (nSPS) is 20.6. The number of hydrogen-bond acceptors (Lipinski definition) is 6. The fraction of sp³-hybridized carbons (Fsp3) is 0.591. The van der Waals surface area contributed by atoms with Crippen molar-refractivity contribution in [2.24, 2.45) is 5.92 Å². The first-order valence-corrected chi connectivity index (χ1v) is 10.5. The quantitative estimate of drug-likeness (QED) is 0.743. The number of likely N-dealkylation sites (tertiary alicyclic amines) is 1. The molecule has 2 aliphatic rings. The lowest BCUT2D eigenvalue weighted by atomic mass is 9.94. The molecule has 3 heterocycles. The summed E-state index contributed by atoms with van der Waals surface area (Å²) < 4.78 is 16.6. The molecule has 2 aromatic rings. The highest BCUT2D eigenvalue weighted by molar-refractivity contribution is 5.77. The standard InChI is InChI=1S/C22H29N3O4/c1-16-4-6-19(7-5-16)28-15-21(26)25-10-2-3-17(14-25)13-20-23-22(24-29-20)18-8-11-27-12-9-18/h4-7,17-18H,2-3,8-15H2,1H3. The van der Waals surface area contributed by atoms with Gasteiger partial charge in [0.1, 0.15) is 5.75 Å². The van der Waals surface area contributed by atoms with E-state index in [1.54, 1.807) is 0 Å². The molecule has 0 saturated carbocycles. The maximum absolute atomic E-state index is 12.6. The van der Waals surface area contributed by atoms with Crippen molar-refractivity contribution in [3.8, 4) is 5.75 Å². The van der Waals surface area contributed by atoms with Crippen LogP contribution in [0.25, 0.3) is 0 Å². The van der Waals surface area contributed by atoms with Gasteiger partial charge in [0.15, 0.2) is 12.4 Å². The number of amides is 1. The Morgan fingerprint density at radius 2 is 2.00 bits per heavy atom. The van der Waals surface area contributed by atoms with Gasteiger partial charge in [-0.2, -0.15) is 4.98 Å². The van der Waals surface area contributed by atoms with Crippen LogP contribution in [0.2, 0.25) is 0 Å². The Morgan fingerprint density at radius 1 is 1.21 bits per heavy atom. The SMILES string of the molecule is Cc1ccc(OCC(=O)N2CCCC(Cc3nc(C4CCOCC4)no3)C2)cc1. The molecule has 0 N–H and O–H groups in total. The Balaban J connectivity index is 1.27. The van der Waals surface area contributed by atoms with Crippen molar-refractivity contribution in [2.45, 2.75) is 44.9 Å². The molecule has 1 amide bonds. The van der Waals surface area contributed by atoms with Crippen LogP contribution in [0.3, 0.4) is 0 Å². The van der Waals surface area contributed by atoms with Crippen molar-refractivity contribution >= 4 is 5.91 Å². The van der Waals surface area contributed by atoms with Crippen molar-refractivity contribution < 1.29 is 18.8 Å². The van der Waals surface area contributed by atoms with Gasteiger partial charge in [0, 0.05) is 38.6 Å². The summed E-state index contributed by atoms with van der Waals surface area (Å²) in [4.78, 5) is 19.1. The summed E-state index contributed by atoms with van der Waals surface area (Å²) in [5.41, 5.74) is 1.17. The van der Waals surface area contributed by atoms with E-state index in [-0.39, 0.29) is 12.5 Å². The fourth-order valence-corrected chi connectivity index (χ4v) is 4.05. The number of rotatable bonds is 6. The zero-order valence-corrected chi connectivity index (χ0v) is 17.0. The van der Waals surface area contributed by atoms with Crippen LogP contribution < -0.4 is 4.74 Å². The molecule has 0 bridgehead atoms. The second kappa shape index (κ2) is 9.39. The lowest BCUT2D eigenvalue weighted by Gasteiger charge is -2.32. The number of carbonyl (C=O) groups excluding carboxylic acids is 1. The molecule has 2 fully saturated rings. The van der Waals surface area contributed by atoms with Gasteiger partial charge in [0.2, 0.25) is 5.89 Å². The molecular formula is C22H29N3O4. The Bertz CT molecular complexity index is 799. The highest BCUT2D eigenvalue weighted by atomic mass is 16.5.